The fraction of sp³-hybridized carbons (Fsp3) is 0.538. The molecule has 1 saturated heterocycles. The average Bonchev–Trinajstić information content (AvgIpc) is 2.39. The van der Waals surface area contributed by atoms with Crippen molar-refractivity contribution in [2.75, 3.05) is 20.2 Å². The summed E-state index contributed by atoms with van der Waals surface area (Å²) in [7, 11) is 1.77. The molecule has 1 aromatic rings. The van der Waals surface area contributed by atoms with Gasteiger partial charge in [-0.25, -0.2) is 4.98 Å². The van der Waals surface area contributed by atoms with E-state index in [4.69, 9.17) is 16.3 Å². The highest BCUT2D eigenvalue weighted by Gasteiger charge is 2.20. The highest BCUT2D eigenvalue weighted by molar-refractivity contribution is 6.29. The van der Waals surface area contributed by atoms with Crippen LogP contribution in [0.3, 0.4) is 0 Å². The molecule has 4 nitrogen and oxygen atoms in total. The number of hydrogen-bond donors (Lipinski definition) is 0. The maximum atomic E-state index is 12.1. The number of amides is 1. The number of carbonyl (C=O) groups excluding carboxylic acids is 1. The van der Waals surface area contributed by atoms with E-state index in [-0.39, 0.29) is 12.0 Å². The second kappa shape index (κ2) is 6.16. The molecule has 1 fully saturated rings. The number of aromatic nitrogens is 1. The molecule has 0 aliphatic carbocycles. The van der Waals surface area contributed by atoms with Gasteiger partial charge in [0.25, 0.3) is 5.91 Å². The van der Waals surface area contributed by atoms with Gasteiger partial charge in [0.2, 0.25) is 0 Å². The lowest BCUT2D eigenvalue weighted by Crippen LogP contribution is -2.37. The van der Waals surface area contributed by atoms with Crippen LogP contribution in [0.2, 0.25) is 5.15 Å². The Kier molecular flexibility index (Phi) is 4.55. The van der Waals surface area contributed by atoms with Gasteiger partial charge in [0.1, 0.15) is 10.8 Å². The molecule has 0 radical (unpaired) electrons. The van der Waals surface area contributed by atoms with Crippen LogP contribution < -0.4 is 0 Å². The third-order valence-corrected chi connectivity index (χ3v) is 3.24. The van der Waals surface area contributed by atoms with Crippen molar-refractivity contribution in [3.8, 4) is 0 Å². The van der Waals surface area contributed by atoms with Crippen molar-refractivity contribution in [2.24, 2.45) is 0 Å². The molecule has 0 saturated carbocycles. The van der Waals surface area contributed by atoms with Gasteiger partial charge in [-0.1, -0.05) is 17.7 Å². The predicted molar refractivity (Wildman–Crippen MR) is 69.8 cm³/mol. The van der Waals surface area contributed by atoms with Gasteiger partial charge in [-0.2, -0.15) is 0 Å². The van der Waals surface area contributed by atoms with E-state index in [0.29, 0.717) is 17.4 Å². The molecule has 2 heterocycles. The van der Waals surface area contributed by atoms with Crippen LogP contribution in [0, 0.1) is 0 Å². The van der Waals surface area contributed by atoms with Crippen molar-refractivity contribution in [1.82, 2.24) is 9.88 Å². The van der Waals surface area contributed by atoms with Crippen molar-refractivity contribution in [2.45, 2.75) is 25.4 Å². The number of hydrogen-bond acceptors (Lipinski definition) is 3. The third-order valence-electron chi connectivity index (χ3n) is 3.03. The maximum Gasteiger partial charge on any atom is 0.272 e. The number of rotatable bonds is 3. The minimum atomic E-state index is -0.119. The Hall–Kier alpha value is -1.13. The summed E-state index contributed by atoms with van der Waals surface area (Å²) in [5.41, 5.74) is 0.376. The number of halogens is 1. The van der Waals surface area contributed by atoms with Crippen molar-refractivity contribution in [3.63, 3.8) is 0 Å². The molecule has 1 unspecified atom stereocenters. The first-order valence-electron chi connectivity index (χ1n) is 6.16. The SMILES string of the molecule is CN(CC1CCCCO1)C(=O)c1cccc(Cl)n1. The van der Waals surface area contributed by atoms with Crippen LogP contribution in [0.25, 0.3) is 0 Å². The Bertz CT molecular complexity index is 419. The van der Waals surface area contributed by atoms with Crippen molar-refractivity contribution >= 4 is 17.5 Å². The van der Waals surface area contributed by atoms with Crippen LogP contribution in [0.15, 0.2) is 18.2 Å². The molecular weight excluding hydrogens is 252 g/mol. The zero-order valence-corrected chi connectivity index (χ0v) is 11.2. The molecule has 2 rings (SSSR count). The number of ether oxygens (including phenoxy) is 1. The molecule has 0 N–H and O–H groups in total. The first kappa shape index (κ1) is 13.3. The predicted octanol–water partition coefficient (Wildman–Crippen LogP) is 2.38. The first-order chi connectivity index (χ1) is 8.66. The summed E-state index contributed by atoms with van der Waals surface area (Å²) in [5, 5.41) is 0.336. The first-order valence-corrected chi connectivity index (χ1v) is 6.54. The van der Waals surface area contributed by atoms with E-state index < -0.39 is 0 Å². The topological polar surface area (TPSA) is 42.4 Å². The lowest BCUT2D eigenvalue weighted by atomic mass is 10.1. The van der Waals surface area contributed by atoms with Gasteiger partial charge in [-0.3, -0.25) is 4.79 Å². The second-order valence-corrected chi connectivity index (χ2v) is 4.91. The number of likely N-dealkylation sites (N-methyl/N-ethyl adjacent to an activating group) is 1. The van der Waals surface area contributed by atoms with Gasteiger partial charge in [0, 0.05) is 20.2 Å². The Labute approximate surface area is 112 Å². The molecule has 0 bridgehead atoms. The van der Waals surface area contributed by atoms with E-state index in [1.54, 1.807) is 30.1 Å². The monoisotopic (exact) mass is 268 g/mol. The van der Waals surface area contributed by atoms with Crippen molar-refractivity contribution in [1.29, 1.82) is 0 Å². The zero-order valence-electron chi connectivity index (χ0n) is 10.4. The van der Waals surface area contributed by atoms with Gasteiger partial charge in [-0.05, 0) is 31.4 Å². The van der Waals surface area contributed by atoms with E-state index in [1.807, 2.05) is 0 Å². The highest BCUT2D eigenvalue weighted by atomic mass is 35.5. The normalized spacial score (nSPS) is 19.6. The van der Waals surface area contributed by atoms with E-state index in [2.05, 4.69) is 4.98 Å². The molecule has 1 aliphatic rings. The van der Waals surface area contributed by atoms with E-state index >= 15 is 0 Å². The molecule has 0 aromatic carbocycles. The van der Waals surface area contributed by atoms with Crippen molar-refractivity contribution in [3.05, 3.63) is 29.0 Å². The number of carbonyl (C=O) groups is 1. The Morgan fingerprint density at radius 3 is 3.06 bits per heavy atom. The molecule has 5 heteroatoms. The zero-order chi connectivity index (χ0) is 13.0. The van der Waals surface area contributed by atoms with Gasteiger partial charge < -0.3 is 9.64 Å². The Morgan fingerprint density at radius 2 is 2.39 bits per heavy atom. The third kappa shape index (κ3) is 3.43. The fourth-order valence-electron chi connectivity index (χ4n) is 2.06. The summed E-state index contributed by atoms with van der Waals surface area (Å²) in [5.74, 6) is -0.119. The van der Waals surface area contributed by atoms with Gasteiger partial charge in [0.15, 0.2) is 0 Å². The molecule has 1 atom stereocenters. The van der Waals surface area contributed by atoms with Crippen molar-refractivity contribution < 1.29 is 9.53 Å². The van der Waals surface area contributed by atoms with E-state index in [9.17, 15) is 4.79 Å². The largest absolute Gasteiger partial charge is 0.376 e. The maximum absolute atomic E-state index is 12.1. The summed E-state index contributed by atoms with van der Waals surface area (Å²) in [6.45, 7) is 1.40. The molecule has 1 aliphatic heterocycles. The number of nitrogens with zero attached hydrogens (tertiary/aromatic N) is 2. The second-order valence-electron chi connectivity index (χ2n) is 4.52. The van der Waals surface area contributed by atoms with Gasteiger partial charge in [-0.15, -0.1) is 0 Å². The lowest BCUT2D eigenvalue weighted by Gasteiger charge is -2.27. The minimum absolute atomic E-state index is 0.119. The molecule has 18 heavy (non-hydrogen) atoms. The van der Waals surface area contributed by atoms with Crippen LogP contribution in [0.1, 0.15) is 29.8 Å². The van der Waals surface area contributed by atoms with Crippen LogP contribution in [0.5, 0.6) is 0 Å². The minimum Gasteiger partial charge on any atom is -0.376 e. The van der Waals surface area contributed by atoms with Crippen LogP contribution in [-0.4, -0.2) is 42.1 Å². The van der Waals surface area contributed by atoms with E-state index in [0.717, 1.165) is 19.4 Å². The average molecular weight is 269 g/mol. The molecule has 1 aromatic heterocycles. The lowest BCUT2D eigenvalue weighted by molar-refractivity contribution is -0.000289. The summed E-state index contributed by atoms with van der Waals surface area (Å²) in [4.78, 5) is 17.8. The van der Waals surface area contributed by atoms with Gasteiger partial charge >= 0.3 is 0 Å². The smallest absolute Gasteiger partial charge is 0.272 e. The molecule has 98 valence electrons. The molecular formula is C13H17ClN2O2. The van der Waals surface area contributed by atoms with E-state index in [1.165, 1.54) is 6.42 Å². The Balaban J connectivity index is 1.95. The quantitative estimate of drug-likeness (QED) is 0.791. The Morgan fingerprint density at radius 1 is 1.56 bits per heavy atom. The summed E-state index contributed by atoms with van der Waals surface area (Å²) in [6, 6.07) is 5.06. The van der Waals surface area contributed by atoms with Gasteiger partial charge in [0.05, 0.1) is 6.10 Å². The summed E-state index contributed by atoms with van der Waals surface area (Å²) < 4.78 is 5.62. The molecule has 0 spiro atoms. The summed E-state index contributed by atoms with van der Waals surface area (Å²) >= 11 is 5.78. The highest BCUT2D eigenvalue weighted by Crippen LogP contribution is 2.14. The van der Waals surface area contributed by atoms with Crippen LogP contribution in [-0.2, 0) is 4.74 Å². The standard InChI is InChI=1S/C13H17ClN2O2/c1-16(9-10-5-2-3-8-18-10)13(17)11-6-4-7-12(14)15-11/h4,6-7,10H,2-3,5,8-9H2,1H3. The van der Waals surface area contributed by atoms with Crippen LogP contribution in [0.4, 0.5) is 0 Å². The fourth-order valence-corrected chi connectivity index (χ4v) is 2.23. The molecule has 1 amide bonds. The van der Waals surface area contributed by atoms with Crippen LogP contribution >= 0.6 is 11.6 Å². The summed E-state index contributed by atoms with van der Waals surface area (Å²) in [6.07, 6.45) is 3.44. The number of pyridine rings is 1.